The minimum absolute atomic E-state index is 0.661. The first-order valence-corrected chi connectivity index (χ1v) is 6.30. The zero-order valence-corrected chi connectivity index (χ0v) is 10.5. The number of piperazine rings is 1. The summed E-state index contributed by atoms with van der Waals surface area (Å²) in [5.41, 5.74) is 1.10. The number of nitrogens with zero attached hydrogens (tertiary/aromatic N) is 3. The second-order valence-corrected chi connectivity index (χ2v) is 5.56. The van der Waals surface area contributed by atoms with Gasteiger partial charge in [0.05, 0.1) is 10.7 Å². The maximum atomic E-state index is 5.82. The zero-order chi connectivity index (χ0) is 11.1. The van der Waals surface area contributed by atoms with Crippen LogP contribution in [0, 0.1) is 0 Å². The Labute approximate surface area is 106 Å². The molecule has 4 heterocycles. The molecule has 0 amide bonds. The molecule has 0 N–H and O–H groups in total. The number of hydrogen-bond donors (Lipinski definition) is 1. The Morgan fingerprint density at radius 2 is 2.12 bits per heavy atom. The van der Waals surface area contributed by atoms with E-state index in [4.69, 9.17) is 11.6 Å². The molecule has 5 heteroatoms. The SMILES string of the molecule is SN1CC2CC(C1)N2Cc1ccc(Cl)cn1. The van der Waals surface area contributed by atoms with E-state index in [1.54, 1.807) is 6.20 Å². The number of aromatic nitrogens is 1. The van der Waals surface area contributed by atoms with Crippen molar-refractivity contribution in [2.45, 2.75) is 25.0 Å². The molecular formula is C11H14ClN3S. The molecule has 3 aliphatic heterocycles. The molecule has 1 aromatic rings. The molecule has 16 heavy (non-hydrogen) atoms. The van der Waals surface area contributed by atoms with Crippen LogP contribution in [-0.2, 0) is 6.54 Å². The van der Waals surface area contributed by atoms with Crippen molar-refractivity contribution in [1.82, 2.24) is 14.2 Å². The number of piperidine rings is 1. The van der Waals surface area contributed by atoms with E-state index in [0.29, 0.717) is 17.1 Å². The van der Waals surface area contributed by atoms with E-state index >= 15 is 0 Å². The van der Waals surface area contributed by atoms with Crippen molar-refractivity contribution >= 4 is 24.4 Å². The van der Waals surface area contributed by atoms with E-state index in [1.165, 1.54) is 6.42 Å². The fraction of sp³-hybridized carbons (Fsp3) is 0.545. The number of halogens is 1. The molecule has 0 spiro atoms. The van der Waals surface area contributed by atoms with E-state index in [1.807, 2.05) is 12.1 Å². The molecule has 4 rings (SSSR count). The van der Waals surface area contributed by atoms with Crippen molar-refractivity contribution in [3.05, 3.63) is 29.0 Å². The van der Waals surface area contributed by atoms with E-state index in [2.05, 4.69) is 27.0 Å². The summed E-state index contributed by atoms with van der Waals surface area (Å²) in [6, 6.07) is 5.24. The van der Waals surface area contributed by atoms with Gasteiger partial charge >= 0.3 is 0 Å². The Kier molecular flexibility index (Phi) is 2.83. The van der Waals surface area contributed by atoms with Gasteiger partial charge in [0, 0.05) is 37.9 Å². The first-order valence-electron chi connectivity index (χ1n) is 5.52. The summed E-state index contributed by atoms with van der Waals surface area (Å²) in [5, 5.41) is 0.703. The third-order valence-corrected chi connectivity index (χ3v) is 4.01. The van der Waals surface area contributed by atoms with Gasteiger partial charge in [-0.1, -0.05) is 24.4 Å². The quantitative estimate of drug-likeness (QED) is 0.814. The molecule has 0 aromatic carbocycles. The Bertz CT molecular complexity index is 371. The van der Waals surface area contributed by atoms with E-state index in [-0.39, 0.29) is 0 Å². The van der Waals surface area contributed by atoms with Gasteiger partial charge < -0.3 is 0 Å². The maximum Gasteiger partial charge on any atom is 0.0589 e. The van der Waals surface area contributed by atoms with Crippen molar-refractivity contribution in [3.63, 3.8) is 0 Å². The molecule has 0 radical (unpaired) electrons. The van der Waals surface area contributed by atoms with Gasteiger partial charge in [-0.25, -0.2) is 0 Å². The predicted molar refractivity (Wildman–Crippen MR) is 67.5 cm³/mol. The topological polar surface area (TPSA) is 19.4 Å². The van der Waals surface area contributed by atoms with Crippen LogP contribution in [0.15, 0.2) is 18.3 Å². The van der Waals surface area contributed by atoms with Gasteiger partial charge in [-0.2, -0.15) is 0 Å². The number of thiol groups is 1. The molecule has 0 aliphatic carbocycles. The Balaban J connectivity index is 1.66. The van der Waals surface area contributed by atoms with Crippen molar-refractivity contribution in [3.8, 4) is 0 Å². The van der Waals surface area contributed by atoms with Gasteiger partial charge in [0.1, 0.15) is 0 Å². The summed E-state index contributed by atoms with van der Waals surface area (Å²) in [5.74, 6) is 0. The lowest BCUT2D eigenvalue weighted by atomic mass is 9.88. The van der Waals surface area contributed by atoms with Crippen LogP contribution in [-0.4, -0.2) is 39.4 Å². The Hall–Kier alpha value is -0.290. The van der Waals surface area contributed by atoms with Gasteiger partial charge in [-0.3, -0.25) is 14.2 Å². The second-order valence-electron chi connectivity index (χ2n) is 4.56. The highest BCUT2D eigenvalue weighted by Gasteiger charge is 2.43. The van der Waals surface area contributed by atoms with Crippen LogP contribution in [0.3, 0.4) is 0 Å². The molecule has 2 atom stereocenters. The van der Waals surface area contributed by atoms with E-state index in [0.717, 1.165) is 25.3 Å². The molecule has 3 fully saturated rings. The van der Waals surface area contributed by atoms with Crippen LogP contribution in [0.1, 0.15) is 12.1 Å². The summed E-state index contributed by atoms with van der Waals surface area (Å²) in [6.45, 7) is 3.06. The summed E-state index contributed by atoms with van der Waals surface area (Å²) in [6.07, 6.45) is 3.03. The summed E-state index contributed by atoms with van der Waals surface area (Å²) in [7, 11) is 0. The Morgan fingerprint density at radius 3 is 2.75 bits per heavy atom. The number of pyridine rings is 1. The highest BCUT2D eigenvalue weighted by molar-refractivity contribution is 7.77. The summed E-state index contributed by atoms with van der Waals surface area (Å²) >= 11 is 10.2. The van der Waals surface area contributed by atoms with Crippen molar-refractivity contribution in [2.75, 3.05) is 13.1 Å². The molecule has 3 aliphatic rings. The molecule has 3 nitrogen and oxygen atoms in total. The minimum Gasteiger partial charge on any atom is -0.289 e. The second kappa shape index (κ2) is 4.18. The van der Waals surface area contributed by atoms with Crippen LogP contribution in [0.25, 0.3) is 0 Å². The highest BCUT2D eigenvalue weighted by atomic mass is 35.5. The van der Waals surface area contributed by atoms with Crippen LogP contribution >= 0.6 is 24.4 Å². The average Bonchev–Trinajstić information content (AvgIpc) is 2.28. The normalized spacial score (nSPS) is 30.1. The van der Waals surface area contributed by atoms with Crippen molar-refractivity contribution in [2.24, 2.45) is 0 Å². The third kappa shape index (κ3) is 1.95. The van der Waals surface area contributed by atoms with Crippen LogP contribution in [0.2, 0.25) is 5.02 Å². The lowest BCUT2D eigenvalue weighted by molar-refractivity contribution is -0.0472. The summed E-state index contributed by atoms with van der Waals surface area (Å²) < 4.78 is 2.12. The summed E-state index contributed by atoms with van der Waals surface area (Å²) in [4.78, 5) is 6.86. The van der Waals surface area contributed by atoms with Crippen LogP contribution < -0.4 is 0 Å². The fourth-order valence-electron chi connectivity index (χ4n) is 2.61. The number of hydrogen-bond acceptors (Lipinski definition) is 4. The lowest BCUT2D eigenvalue weighted by Gasteiger charge is -2.55. The maximum absolute atomic E-state index is 5.82. The van der Waals surface area contributed by atoms with Gasteiger partial charge in [0.25, 0.3) is 0 Å². The molecule has 3 saturated heterocycles. The average molecular weight is 256 g/mol. The Morgan fingerprint density at radius 1 is 1.38 bits per heavy atom. The van der Waals surface area contributed by atoms with Gasteiger partial charge in [0.2, 0.25) is 0 Å². The van der Waals surface area contributed by atoms with Gasteiger partial charge in [-0.05, 0) is 18.6 Å². The number of fused-ring (bicyclic) bond motifs is 2. The third-order valence-electron chi connectivity index (χ3n) is 3.46. The van der Waals surface area contributed by atoms with E-state index < -0.39 is 0 Å². The number of rotatable bonds is 2. The standard InChI is InChI=1S/C11H14ClN3S/c12-8-1-2-9(13-4-8)5-15-10-3-11(15)7-14(16)6-10/h1-2,4,10-11,16H,3,5-7H2. The van der Waals surface area contributed by atoms with E-state index in [9.17, 15) is 0 Å². The smallest absolute Gasteiger partial charge is 0.0589 e. The molecular weight excluding hydrogens is 242 g/mol. The van der Waals surface area contributed by atoms with Crippen LogP contribution in [0.4, 0.5) is 0 Å². The fourth-order valence-corrected chi connectivity index (χ4v) is 3.10. The molecule has 86 valence electrons. The zero-order valence-electron chi connectivity index (χ0n) is 8.88. The first-order chi connectivity index (χ1) is 7.72. The van der Waals surface area contributed by atoms with Crippen molar-refractivity contribution < 1.29 is 0 Å². The largest absolute Gasteiger partial charge is 0.289 e. The first kappa shape index (κ1) is 10.8. The highest BCUT2D eigenvalue weighted by Crippen LogP contribution is 2.33. The van der Waals surface area contributed by atoms with Gasteiger partial charge in [0.15, 0.2) is 0 Å². The predicted octanol–water partition coefficient (Wildman–Crippen LogP) is 1.84. The van der Waals surface area contributed by atoms with Gasteiger partial charge in [-0.15, -0.1) is 0 Å². The van der Waals surface area contributed by atoms with Crippen molar-refractivity contribution in [1.29, 1.82) is 0 Å². The molecule has 1 aromatic heterocycles. The minimum atomic E-state index is 0.661. The monoisotopic (exact) mass is 255 g/mol. The molecule has 2 unspecified atom stereocenters. The lowest BCUT2D eigenvalue weighted by Crippen LogP contribution is -2.66. The van der Waals surface area contributed by atoms with Crippen LogP contribution in [0.5, 0.6) is 0 Å². The molecule has 0 saturated carbocycles. The molecule has 2 bridgehead atoms.